The van der Waals surface area contributed by atoms with E-state index in [1.807, 2.05) is 6.92 Å². The SMILES string of the molecule is CCCCC(=O)CC(=O)O.[AlH3]. The molecular weight excluding hydrogens is 159 g/mol. The molecule has 0 radical (unpaired) electrons. The van der Waals surface area contributed by atoms with Crippen LogP contribution in [0.3, 0.4) is 0 Å². The summed E-state index contributed by atoms with van der Waals surface area (Å²) >= 11 is 0. The van der Waals surface area contributed by atoms with Gasteiger partial charge in [0.25, 0.3) is 0 Å². The lowest BCUT2D eigenvalue weighted by molar-refractivity contribution is -0.140. The molecule has 0 saturated heterocycles. The summed E-state index contributed by atoms with van der Waals surface area (Å²) in [4.78, 5) is 20.6. The number of Topliss-reactive ketones (excluding diaryl/α,β-unsaturated/α-hetero) is 1. The molecule has 0 spiro atoms. The van der Waals surface area contributed by atoms with Gasteiger partial charge in [0.1, 0.15) is 12.2 Å². The van der Waals surface area contributed by atoms with Crippen LogP contribution in [0.25, 0.3) is 0 Å². The summed E-state index contributed by atoms with van der Waals surface area (Å²) in [5, 5.41) is 8.16. The molecule has 0 bridgehead atoms. The highest BCUT2D eigenvalue weighted by Gasteiger charge is 2.05. The van der Waals surface area contributed by atoms with Crippen molar-refractivity contribution in [3.8, 4) is 0 Å². The molecule has 4 heteroatoms. The van der Waals surface area contributed by atoms with Crippen molar-refractivity contribution in [3.63, 3.8) is 0 Å². The minimum atomic E-state index is -1.03. The fourth-order valence-corrected chi connectivity index (χ4v) is 0.631. The fourth-order valence-electron chi connectivity index (χ4n) is 0.631. The summed E-state index contributed by atoms with van der Waals surface area (Å²) < 4.78 is 0. The lowest BCUT2D eigenvalue weighted by atomic mass is 10.1. The van der Waals surface area contributed by atoms with Crippen molar-refractivity contribution >= 4 is 29.1 Å². The molecule has 0 aromatic carbocycles. The van der Waals surface area contributed by atoms with Crippen molar-refractivity contribution in [1.82, 2.24) is 0 Å². The molecule has 11 heavy (non-hydrogen) atoms. The Labute approximate surface area is 76.9 Å². The number of rotatable bonds is 5. The lowest BCUT2D eigenvalue weighted by Crippen LogP contribution is -2.05. The first-order valence-corrected chi connectivity index (χ1v) is 3.40. The zero-order valence-electron chi connectivity index (χ0n) is 6.09. The summed E-state index contributed by atoms with van der Waals surface area (Å²) in [6, 6.07) is 0. The first kappa shape index (κ1) is 13.3. The first-order valence-electron chi connectivity index (χ1n) is 3.40. The molecule has 0 atom stereocenters. The Kier molecular flexibility index (Phi) is 9.38. The maximum Gasteiger partial charge on any atom is 0.310 e. The molecule has 0 aliphatic carbocycles. The number of ketones is 1. The Morgan fingerprint density at radius 2 is 1.91 bits per heavy atom. The Bertz CT molecular complexity index is 134. The van der Waals surface area contributed by atoms with Gasteiger partial charge >= 0.3 is 5.97 Å². The molecule has 0 saturated carbocycles. The van der Waals surface area contributed by atoms with E-state index in [4.69, 9.17) is 5.11 Å². The quantitative estimate of drug-likeness (QED) is 0.473. The van der Waals surface area contributed by atoms with Crippen LogP contribution >= 0.6 is 0 Å². The van der Waals surface area contributed by atoms with Crippen molar-refractivity contribution in [3.05, 3.63) is 0 Å². The van der Waals surface area contributed by atoms with Crippen LogP contribution in [0.2, 0.25) is 0 Å². The van der Waals surface area contributed by atoms with Crippen LogP contribution in [-0.4, -0.2) is 34.2 Å². The van der Waals surface area contributed by atoms with Gasteiger partial charge in [-0.1, -0.05) is 13.3 Å². The summed E-state index contributed by atoms with van der Waals surface area (Å²) in [7, 11) is 0. The molecular formula is C7H15AlO3. The van der Waals surface area contributed by atoms with Crippen LogP contribution in [0.15, 0.2) is 0 Å². The van der Waals surface area contributed by atoms with Gasteiger partial charge in [-0.3, -0.25) is 9.59 Å². The number of carbonyl (C=O) groups is 2. The van der Waals surface area contributed by atoms with Gasteiger partial charge < -0.3 is 5.11 Å². The Morgan fingerprint density at radius 3 is 2.27 bits per heavy atom. The molecule has 0 amide bonds. The van der Waals surface area contributed by atoms with E-state index < -0.39 is 5.97 Å². The van der Waals surface area contributed by atoms with E-state index >= 15 is 0 Å². The minimum Gasteiger partial charge on any atom is -0.481 e. The number of carboxylic acid groups (broad SMARTS) is 1. The molecule has 1 N–H and O–H groups in total. The monoisotopic (exact) mass is 174 g/mol. The van der Waals surface area contributed by atoms with E-state index in [9.17, 15) is 9.59 Å². The molecule has 0 rings (SSSR count). The Morgan fingerprint density at radius 1 is 1.36 bits per heavy atom. The van der Waals surface area contributed by atoms with E-state index in [1.165, 1.54) is 0 Å². The summed E-state index contributed by atoms with van der Waals surface area (Å²) in [5.74, 6) is -1.20. The van der Waals surface area contributed by atoms with E-state index in [0.717, 1.165) is 12.8 Å². The summed E-state index contributed by atoms with van der Waals surface area (Å²) in [5.41, 5.74) is 0. The Balaban J connectivity index is 0. The van der Waals surface area contributed by atoms with Gasteiger partial charge in [-0.15, -0.1) is 0 Å². The molecule has 0 aliphatic heterocycles. The molecule has 0 aliphatic rings. The van der Waals surface area contributed by atoms with Crippen LogP contribution < -0.4 is 0 Å². The summed E-state index contributed by atoms with van der Waals surface area (Å²) in [6.07, 6.45) is 1.82. The number of carbonyl (C=O) groups excluding carboxylic acids is 1. The van der Waals surface area contributed by atoms with Crippen LogP contribution in [0, 0.1) is 0 Å². The predicted molar refractivity (Wildman–Crippen MR) is 46.7 cm³/mol. The van der Waals surface area contributed by atoms with Crippen molar-refractivity contribution in [2.24, 2.45) is 0 Å². The van der Waals surface area contributed by atoms with Crippen LogP contribution in [0.4, 0.5) is 0 Å². The van der Waals surface area contributed by atoms with Crippen LogP contribution in [0.5, 0.6) is 0 Å². The minimum absolute atomic E-state index is 0. The van der Waals surface area contributed by atoms with E-state index in [-0.39, 0.29) is 29.6 Å². The van der Waals surface area contributed by atoms with Crippen molar-refractivity contribution < 1.29 is 14.7 Å². The third-order valence-electron chi connectivity index (χ3n) is 1.16. The largest absolute Gasteiger partial charge is 0.481 e. The normalized spacial score (nSPS) is 8.45. The molecule has 0 aromatic rings. The third-order valence-corrected chi connectivity index (χ3v) is 1.16. The van der Waals surface area contributed by atoms with E-state index in [0.29, 0.717) is 6.42 Å². The van der Waals surface area contributed by atoms with Gasteiger partial charge in [-0.25, -0.2) is 0 Å². The maximum atomic E-state index is 10.6. The molecule has 0 fully saturated rings. The summed E-state index contributed by atoms with van der Waals surface area (Å²) in [6.45, 7) is 1.97. The fraction of sp³-hybridized carbons (Fsp3) is 0.714. The number of aliphatic carboxylic acids is 1. The average molecular weight is 174 g/mol. The van der Waals surface area contributed by atoms with Crippen molar-refractivity contribution in [2.75, 3.05) is 0 Å². The molecule has 0 unspecified atom stereocenters. The molecule has 64 valence electrons. The number of carboxylic acids is 1. The number of unbranched alkanes of at least 4 members (excludes halogenated alkanes) is 1. The molecule has 0 aromatic heterocycles. The maximum absolute atomic E-state index is 10.6. The topological polar surface area (TPSA) is 54.4 Å². The average Bonchev–Trinajstić information content (AvgIpc) is 1.82. The second-order valence-corrected chi connectivity index (χ2v) is 2.21. The van der Waals surface area contributed by atoms with Gasteiger partial charge in [0, 0.05) is 6.42 Å². The second-order valence-electron chi connectivity index (χ2n) is 2.21. The second kappa shape index (κ2) is 7.78. The number of hydrogen-bond donors (Lipinski definition) is 1. The van der Waals surface area contributed by atoms with Gasteiger partial charge in [0.05, 0.1) is 0 Å². The van der Waals surface area contributed by atoms with Crippen molar-refractivity contribution in [1.29, 1.82) is 0 Å². The highest BCUT2D eigenvalue weighted by atomic mass is 27.0. The highest BCUT2D eigenvalue weighted by molar-refractivity contribution is 5.94. The van der Waals surface area contributed by atoms with Gasteiger partial charge in [0.15, 0.2) is 17.4 Å². The molecule has 3 nitrogen and oxygen atoms in total. The van der Waals surface area contributed by atoms with Crippen molar-refractivity contribution in [2.45, 2.75) is 32.6 Å². The molecule has 0 heterocycles. The first-order chi connectivity index (χ1) is 4.66. The van der Waals surface area contributed by atoms with Gasteiger partial charge in [-0.05, 0) is 6.42 Å². The Hall–Kier alpha value is -0.328. The smallest absolute Gasteiger partial charge is 0.310 e. The zero-order chi connectivity index (χ0) is 7.98. The lowest BCUT2D eigenvalue weighted by Gasteiger charge is -1.93. The third kappa shape index (κ3) is 9.67. The number of hydrogen-bond acceptors (Lipinski definition) is 2. The van der Waals surface area contributed by atoms with E-state index in [2.05, 4.69) is 0 Å². The predicted octanol–water partition coefficient (Wildman–Crippen LogP) is 0.0365. The standard InChI is InChI=1S/C7H12O3.Al.3H/c1-2-3-4-6(8)5-7(9)10;;;;/h2-5H2,1H3,(H,9,10);;;;. The van der Waals surface area contributed by atoms with Crippen LogP contribution in [0.1, 0.15) is 32.6 Å². The van der Waals surface area contributed by atoms with Crippen LogP contribution in [-0.2, 0) is 9.59 Å². The zero-order valence-corrected chi connectivity index (χ0v) is 6.09. The highest BCUT2D eigenvalue weighted by Crippen LogP contribution is 1.97. The van der Waals surface area contributed by atoms with Gasteiger partial charge in [0.2, 0.25) is 0 Å². The van der Waals surface area contributed by atoms with Gasteiger partial charge in [-0.2, -0.15) is 0 Å². The van der Waals surface area contributed by atoms with E-state index in [1.54, 1.807) is 0 Å².